The molecule has 1 saturated heterocycles. The Morgan fingerprint density at radius 3 is 2.45 bits per heavy atom. The molecule has 7 nitrogen and oxygen atoms in total. The SMILES string of the molecule is N#Cc1ccc(C[NH+]2CCN(C(=O)CNC(N)=O)CC2)cc1. The molecule has 7 heteroatoms. The van der Waals surface area contributed by atoms with Gasteiger partial charge in [-0.25, -0.2) is 4.79 Å². The van der Waals surface area contributed by atoms with Crippen molar-refractivity contribution >= 4 is 11.9 Å². The van der Waals surface area contributed by atoms with Crippen LogP contribution >= 0.6 is 0 Å². The number of rotatable bonds is 4. The van der Waals surface area contributed by atoms with Crippen molar-refractivity contribution < 1.29 is 14.5 Å². The molecule has 0 radical (unpaired) electrons. The van der Waals surface area contributed by atoms with Crippen molar-refractivity contribution in [2.75, 3.05) is 32.7 Å². The van der Waals surface area contributed by atoms with Crippen molar-refractivity contribution in [3.8, 4) is 6.07 Å². The van der Waals surface area contributed by atoms with E-state index in [4.69, 9.17) is 11.0 Å². The van der Waals surface area contributed by atoms with Gasteiger partial charge in [-0.05, 0) is 12.1 Å². The zero-order valence-electron chi connectivity index (χ0n) is 12.3. The average molecular weight is 302 g/mol. The van der Waals surface area contributed by atoms with Crippen molar-refractivity contribution in [1.29, 1.82) is 5.26 Å². The Hall–Kier alpha value is -2.59. The molecule has 1 aromatic carbocycles. The first kappa shape index (κ1) is 15.8. The Balaban J connectivity index is 1.78. The van der Waals surface area contributed by atoms with Crippen LogP contribution in [-0.4, -0.2) is 49.6 Å². The van der Waals surface area contributed by atoms with Gasteiger partial charge in [0.15, 0.2) is 0 Å². The molecule has 22 heavy (non-hydrogen) atoms. The molecule has 1 aliphatic heterocycles. The average Bonchev–Trinajstić information content (AvgIpc) is 2.54. The molecule has 0 unspecified atom stereocenters. The number of hydrogen-bond acceptors (Lipinski definition) is 3. The van der Waals surface area contributed by atoms with Gasteiger partial charge in [0.05, 0.1) is 44.4 Å². The zero-order valence-corrected chi connectivity index (χ0v) is 12.3. The van der Waals surface area contributed by atoms with E-state index in [1.54, 1.807) is 4.90 Å². The lowest BCUT2D eigenvalue weighted by Crippen LogP contribution is -3.13. The molecule has 116 valence electrons. The van der Waals surface area contributed by atoms with Crippen molar-refractivity contribution in [2.45, 2.75) is 6.54 Å². The number of nitrogens with one attached hydrogen (secondary N) is 2. The van der Waals surface area contributed by atoms with Crippen molar-refractivity contribution in [1.82, 2.24) is 10.2 Å². The molecule has 2 rings (SSSR count). The Morgan fingerprint density at radius 1 is 1.27 bits per heavy atom. The maximum absolute atomic E-state index is 11.9. The minimum atomic E-state index is -0.682. The molecule has 0 atom stereocenters. The third-order valence-corrected chi connectivity index (χ3v) is 3.77. The Labute approximate surface area is 129 Å². The summed E-state index contributed by atoms with van der Waals surface area (Å²) in [5.41, 5.74) is 6.80. The van der Waals surface area contributed by atoms with Gasteiger partial charge in [0.1, 0.15) is 6.54 Å². The number of benzene rings is 1. The van der Waals surface area contributed by atoms with Crippen LogP contribution in [0.4, 0.5) is 4.79 Å². The van der Waals surface area contributed by atoms with Crippen LogP contribution in [0.25, 0.3) is 0 Å². The second kappa shape index (κ2) is 7.43. The normalized spacial score (nSPS) is 15.1. The molecule has 0 spiro atoms. The van der Waals surface area contributed by atoms with Crippen LogP contribution in [-0.2, 0) is 11.3 Å². The first-order valence-electron chi connectivity index (χ1n) is 7.22. The summed E-state index contributed by atoms with van der Waals surface area (Å²) in [4.78, 5) is 25.6. The van der Waals surface area contributed by atoms with Crippen LogP contribution in [0.1, 0.15) is 11.1 Å². The first-order valence-corrected chi connectivity index (χ1v) is 7.22. The van der Waals surface area contributed by atoms with Crippen molar-refractivity contribution in [3.63, 3.8) is 0 Å². The quantitative estimate of drug-likeness (QED) is 0.627. The lowest BCUT2D eigenvalue weighted by atomic mass is 10.1. The van der Waals surface area contributed by atoms with E-state index in [1.807, 2.05) is 24.3 Å². The van der Waals surface area contributed by atoms with Crippen LogP contribution in [0.2, 0.25) is 0 Å². The number of piperazine rings is 1. The molecule has 4 N–H and O–H groups in total. The lowest BCUT2D eigenvalue weighted by Gasteiger charge is -2.32. The number of nitrogens with zero attached hydrogens (tertiary/aromatic N) is 2. The monoisotopic (exact) mass is 302 g/mol. The smallest absolute Gasteiger partial charge is 0.312 e. The number of nitrogens with two attached hydrogens (primary N) is 1. The van der Waals surface area contributed by atoms with Gasteiger partial charge in [0.2, 0.25) is 5.91 Å². The van der Waals surface area contributed by atoms with Gasteiger partial charge in [0, 0.05) is 5.56 Å². The fraction of sp³-hybridized carbons (Fsp3) is 0.400. The second-order valence-electron chi connectivity index (χ2n) is 5.33. The molecule has 1 fully saturated rings. The first-order chi connectivity index (χ1) is 10.6. The summed E-state index contributed by atoms with van der Waals surface area (Å²) in [6.45, 7) is 3.91. The molecule has 3 amide bonds. The minimum absolute atomic E-state index is 0.0414. The van der Waals surface area contributed by atoms with E-state index in [-0.39, 0.29) is 12.5 Å². The molecule has 0 bridgehead atoms. The van der Waals surface area contributed by atoms with E-state index in [0.717, 1.165) is 19.6 Å². The van der Waals surface area contributed by atoms with Gasteiger partial charge in [-0.1, -0.05) is 12.1 Å². The van der Waals surface area contributed by atoms with Crippen molar-refractivity contribution in [2.24, 2.45) is 5.73 Å². The predicted octanol–water partition coefficient (Wildman–Crippen LogP) is -1.55. The molecule has 1 aromatic rings. The van der Waals surface area contributed by atoms with E-state index in [1.165, 1.54) is 10.5 Å². The molecular weight excluding hydrogens is 282 g/mol. The number of urea groups is 1. The fourth-order valence-corrected chi connectivity index (χ4v) is 2.51. The highest BCUT2D eigenvalue weighted by Crippen LogP contribution is 2.02. The number of nitriles is 1. The number of primary amides is 1. The highest BCUT2D eigenvalue weighted by Gasteiger charge is 2.23. The van der Waals surface area contributed by atoms with Crippen LogP contribution in [0.5, 0.6) is 0 Å². The van der Waals surface area contributed by atoms with Gasteiger partial charge < -0.3 is 20.9 Å². The van der Waals surface area contributed by atoms with Crippen LogP contribution in [0, 0.1) is 11.3 Å². The largest absolute Gasteiger partial charge is 0.352 e. The van der Waals surface area contributed by atoms with E-state index >= 15 is 0 Å². The number of quaternary nitrogens is 1. The van der Waals surface area contributed by atoms with Crippen molar-refractivity contribution in [3.05, 3.63) is 35.4 Å². The van der Waals surface area contributed by atoms with E-state index in [9.17, 15) is 9.59 Å². The molecular formula is C15H20N5O2+. The van der Waals surface area contributed by atoms with Crippen LogP contribution in [0.15, 0.2) is 24.3 Å². The Bertz CT molecular complexity index is 571. The summed E-state index contributed by atoms with van der Waals surface area (Å²) < 4.78 is 0. The maximum atomic E-state index is 11.9. The number of hydrogen-bond donors (Lipinski definition) is 3. The second-order valence-corrected chi connectivity index (χ2v) is 5.33. The van der Waals surface area contributed by atoms with Gasteiger partial charge in [-0.15, -0.1) is 0 Å². The molecule has 0 aliphatic carbocycles. The summed E-state index contributed by atoms with van der Waals surface area (Å²) >= 11 is 0. The summed E-state index contributed by atoms with van der Waals surface area (Å²) in [7, 11) is 0. The van der Waals surface area contributed by atoms with Crippen LogP contribution in [0.3, 0.4) is 0 Å². The summed E-state index contributed by atoms with van der Waals surface area (Å²) in [6.07, 6.45) is 0. The number of amides is 3. The zero-order chi connectivity index (χ0) is 15.9. The molecule has 1 heterocycles. The maximum Gasteiger partial charge on any atom is 0.312 e. The highest BCUT2D eigenvalue weighted by atomic mass is 16.2. The Kier molecular flexibility index (Phi) is 5.33. The summed E-state index contributed by atoms with van der Waals surface area (Å²) in [5, 5.41) is 11.1. The third-order valence-electron chi connectivity index (χ3n) is 3.77. The molecule has 0 aromatic heterocycles. The highest BCUT2D eigenvalue weighted by molar-refractivity contribution is 5.83. The topological polar surface area (TPSA) is 104 Å². The Morgan fingerprint density at radius 2 is 1.91 bits per heavy atom. The molecule has 0 saturated carbocycles. The van der Waals surface area contributed by atoms with Gasteiger partial charge in [-0.2, -0.15) is 5.26 Å². The fourth-order valence-electron chi connectivity index (χ4n) is 2.51. The summed E-state index contributed by atoms with van der Waals surface area (Å²) in [5.74, 6) is -0.101. The minimum Gasteiger partial charge on any atom is -0.352 e. The van der Waals surface area contributed by atoms with Gasteiger partial charge >= 0.3 is 6.03 Å². The standard InChI is InChI=1S/C15H19N5O2/c16-9-12-1-3-13(4-2-12)11-19-5-7-20(8-6-19)14(21)10-18-15(17)22/h1-4H,5-8,10-11H2,(H3,17,18,22)/p+1. The predicted molar refractivity (Wildman–Crippen MR) is 79.7 cm³/mol. The van der Waals surface area contributed by atoms with Gasteiger partial charge in [-0.3, -0.25) is 4.79 Å². The van der Waals surface area contributed by atoms with E-state index < -0.39 is 6.03 Å². The molecule has 1 aliphatic rings. The van der Waals surface area contributed by atoms with Crippen LogP contribution < -0.4 is 16.0 Å². The van der Waals surface area contributed by atoms with E-state index in [0.29, 0.717) is 18.7 Å². The third kappa shape index (κ3) is 4.46. The van der Waals surface area contributed by atoms with E-state index in [2.05, 4.69) is 11.4 Å². The summed E-state index contributed by atoms with van der Waals surface area (Å²) in [6, 6.07) is 9.02. The van der Waals surface area contributed by atoms with Gasteiger partial charge in [0.25, 0.3) is 0 Å². The number of carbonyl (C=O) groups excluding carboxylic acids is 2. The lowest BCUT2D eigenvalue weighted by molar-refractivity contribution is -0.917. The number of carbonyl (C=O) groups is 2.